The Labute approximate surface area is 232 Å². The monoisotopic (exact) mass is 594 g/mol. The number of halogens is 2. The van der Waals surface area contributed by atoms with E-state index < -0.39 is 4.92 Å². The highest BCUT2D eigenvalue weighted by Crippen LogP contribution is 2.35. The number of fused-ring (bicyclic) bond motifs is 1. The number of aromatic nitrogens is 2. The quantitative estimate of drug-likeness (QED) is 0.127. The van der Waals surface area contributed by atoms with Crippen molar-refractivity contribution in [2.24, 2.45) is 5.10 Å². The van der Waals surface area contributed by atoms with Gasteiger partial charge in [-0.05, 0) is 76.3 Å². The summed E-state index contributed by atoms with van der Waals surface area (Å²) in [6.07, 6.45) is 6.99. The largest absolute Gasteiger partial charge is 0.486 e. The summed E-state index contributed by atoms with van der Waals surface area (Å²) in [4.78, 5) is 28.6. The molecule has 1 fully saturated rings. The molecule has 4 aromatic rings. The van der Waals surface area contributed by atoms with Crippen molar-refractivity contribution in [1.82, 2.24) is 9.66 Å². The summed E-state index contributed by atoms with van der Waals surface area (Å²) in [6, 6.07) is 17.0. The Bertz CT molecular complexity index is 1560. The molecule has 1 aliphatic rings. The molecule has 10 heteroatoms. The molecule has 1 saturated carbocycles. The molecule has 1 heterocycles. The Morgan fingerprint density at radius 1 is 1.13 bits per heavy atom. The smallest absolute Gasteiger partial charge is 0.282 e. The van der Waals surface area contributed by atoms with Crippen molar-refractivity contribution in [3.05, 3.63) is 108 Å². The molecule has 0 spiro atoms. The lowest BCUT2D eigenvalue weighted by Gasteiger charge is -2.22. The fourth-order valence-electron chi connectivity index (χ4n) is 4.66. The number of hydrogen-bond acceptors (Lipinski definition) is 6. The van der Waals surface area contributed by atoms with Crippen LogP contribution in [0, 0.1) is 10.1 Å². The van der Waals surface area contributed by atoms with Crippen LogP contribution in [0.25, 0.3) is 10.9 Å². The Morgan fingerprint density at radius 3 is 2.58 bits per heavy atom. The Balaban J connectivity index is 1.41. The molecule has 8 nitrogen and oxygen atoms in total. The highest BCUT2D eigenvalue weighted by atomic mass is 79.9. The Morgan fingerprint density at radius 2 is 1.87 bits per heavy atom. The van der Waals surface area contributed by atoms with Crippen LogP contribution in [0.2, 0.25) is 5.02 Å². The third kappa shape index (κ3) is 5.63. The van der Waals surface area contributed by atoms with Gasteiger partial charge < -0.3 is 4.74 Å². The van der Waals surface area contributed by atoms with E-state index in [0.717, 1.165) is 31.2 Å². The third-order valence-corrected chi connectivity index (χ3v) is 7.49. The van der Waals surface area contributed by atoms with E-state index in [1.54, 1.807) is 36.5 Å². The first-order chi connectivity index (χ1) is 18.4. The molecule has 1 aliphatic carbocycles. The summed E-state index contributed by atoms with van der Waals surface area (Å²) in [5.41, 5.74) is 1.95. The highest BCUT2D eigenvalue weighted by Gasteiger charge is 2.22. The number of nitro benzene ring substituents is 1. The predicted molar refractivity (Wildman–Crippen MR) is 151 cm³/mol. The molecule has 0 saturated heterocycles. The summed E-state index contributed by atoms with van der Waals surface area (Å²) >= 11 is 10.0. The fourth-order valence-corrected chi connectivity index (χ4v) is 5.65. The fraction of sp³-hybridized carbons (Fsp3) is 0.250. The van der Waals surface area contributed by atoms with Crippen LogP contribution in [0.3, 0.4) is 0 Å². The Hall–Kier alpha value is -3.56. The number of para-hydroxylation sites is 1. The number of benzene rings is 3. The Kier molecular flexibility index (Phi) is 7.85. The van der Waals surface area contributed by atoms with Crippen molar-refractivity contribution in [1.29, 1.82) is 0 Å². The molecule has 194 valence electrons. The van der Waals surface area contributed by atoms with Gasteiger partial charge in [0.05, 0.1) is 31.5 Å². The maximum atomic E-state index is 13.4. The van der Waals surface area contributed by atoms with Crippen LogP contribution < -0.4 is 10.3 Å². The van der Waals surface area contributed by atoms with Gasteiger partial charge in [-0.15, -0.1) is 0 Å². The summed E-state index contributed by atoms with van der Waals surface area (Å²) in [6.45, 7) is 0.187. The standard InChI is InChI=1S/C28H24BrClN4O4/c29-23-14-19(15-24(30)26(23)38-17-18-10-12-21(13-11-18)34(36)37)16-31-33-27(20-6-2-1-3-7-20)32-25-9-5-4-8-22(25)28(33)35/h4-5,8-16,20H,1-3,6-7,17H2. The second-order valence-corrected chi connectivity index (χ2v) is 10.5. The number of nitrogens with zero attached hydrogens (tertiary/aromatic N) is 4. The summed E-state index contributed by atoms with van der Waals surface area (Å²) in [7, 11) is 0. The van der Waals surface area contributed by atoms with Crippen LogP contribution in [0.15, 0.2) is 75.0 Å². The van der Waals surface area contributed by atoms with Gasteiger partial charge >= 0.3 is 0 Å². The molecule has 0 radical (unpaired) electrons. The molecule has 3 aromatic carbocycles. The third-order valence-electron chi connectivity index (χ3n) is 6.62. The van der Waals surface area contributed by atoms with Gasteiger partial charge in [-0.25, -0.2) is 4.98 Å². The number of ether oxygens (including phenoxy) is 1. The van der Waals surface area contributed by atoms with Crippen molar-refractivity contribution in [3.8, 4) is 5.75 Å². The number of non-ortho nitro benzene ring substituents is 1. The van der Waals surface area contributed by atoms with Gasteiger partial charge in [0.25, 0.3) is 11.2 Å². The summed E-state index contributed by atoms with van der Waals surface area (Å²) in [5, 5.41) is 16.3. The molecule has 0 bridgehead atoms. The minimum absolute atomic E-state index is 0.0176. The average Bonchev–Trinajstić information content (AvgIpc) is 2.93. The zero-order chi connectivity index (χ0) is 26.6. The van der Waals surface area contributed by atoms with Gasteiger partial charge in [0.1, 0.15) is 12.4 Å². The second-order valence-electron chi connectivity index (χ2n) is 9.21. The van der Waals surface area contributed by atoms with Gasteiger partial charge in [-0.2, -0.15) is 9.78 Å². The van der Waals surface area contributed by atoms with E-state index in [-0.39, 0.29) is 23.8 Å². The minimum Gasteiger partial charge on any atom is -0.486 e. The molecule has 38 heavy (non-hydrogen) atoms. The molecule has 0 aliphatic heterocycles. The van der Waals surface area contributed by atoms with Crippen LogP contribution >= 0.6 is 27.5 Å². The van der Waals surface area contributed by atoms with E-state index >= 15 is 0 Å². The lowest BCUT2D eigenvalue weighted by atomic mass is 9.88. The first-order valence-corrected chi connectivity index (χ1v) is 13.5. The van der Waals surface area contributed by atoms with Crippen molar-refractivity contribution < 1.29 is 9.66 Å². The van der Waals surface area contributed by atoms with E-state index in [2.05, 4.69) is 21.0 Å². The van der Waals surface area contributed by atoms with Gasteiger partial charge in [-0.1, -0.05) is 43.0 Å². The van der Waals surface area contributed by atoms with E-state index in [1.807, 2.05) is 18.2 Å². The maximum Gasteiger partial charge on any atom is 0.282 e. The lowest BCUT2D eigenvalue weighted by molar-refractivity contribution is -0.384. The lowest BCUT2D eigenvalue weighted by Crippen LogP contribution is -2.25. The average molecular weight is 596 g/mol. The highest BCUT2D eigenvalue weighted by molar-refractivity contribution is 9.10. The van der Waals surface area contributed by atoms with Crippen molar-refractivity contribution >= 4 is 50.3 Å². The van der Waals surface area contributed by atoms with Gasteiger partial charge in [0, 0.05) is 18.1 Å². The van der Waals surface area contributed by atoms with Gasteiger partial charge in [0.2, 0.25) is 0 Å². The molecule has 0 atom stereocenters. The minimum atomic E-state index is -0.446. The van der Waals surface area contributed by atoms with Crippen LogP contribution in [0.1, 0.15) is 55.0 Å². The molecule has 0 unspecified atom stereocenters. The number of rotatable bonds is 7. The first-order valence-electron chi connectivity index (χ1n) is 12.3. The SMILES string of the molecule is O=c1c2ccccc2nc(C2CCCCC2)n1N=Cc1cc(Cl)c(OCc2ccc([N+](=O)[O-])cc2)c(Br)c1. The molecule has 0 N–H and O–H groups in total. The first kappa shape index (κ1) is 26.1. The van der Waals surface area contributed by atoms with Crippen LogP contribution in [0.4, 0.5) is 5.69 Å². The zero-order valence-electron chi connectivity index (χ0n) is 20.3. The molecule has 5 rings (SSSR count). The second kappa shape index (κ2) is 11.4. The maximum absolute atomic E-state index is 13.4. The van der Waals surface area contributed by atoms with Crippen molar-refractivity contribution in [2.45, 2.75) is 44.6 Å². The van der Waals surface area contributed by atoms with E-state index in [4.69, 9.17) is 21.3 Å². The summed E-state index contributed by atoms with van der Waals surface area (Å²) < 4.78 is 7.92. The zero-order valence-corrected chi connectivity index (χ0v) is 22.7. The van der Waals surface area contributed by atoms with Crippen molar-refractivity contribution in [2.75, 3.05) is 0 Å². The van der Waals surface area contributed by atoms with Crippen molar-refractivity contribution in [3.63, 3.8) is 0 Å². The summed E-state index contributed by atoms with van der Waals surface area (Å²) in [5.74, 6) is 1.32. The molecule has 1 aromatic heterocycles. The van der Waals surface area contributed by atoms with E-state index in [1.165, 1.54) is 23.2 Å². The number of nitro groups is 1. The normalized spacial score (nSPS) is 14.3. The van der Waals surface area contributed by atoms with Gasteiger partial charge in [0.15, 0.2) is 5.75 Å². The van der Waals surface area contributed by atoms with Gasteiger partial charge in [-0.3, -0.25) is 14.9 Å². The molecular formula is C28H24BrClN4O4. The van der Waals surface area contributed by atoms with Crippen LogP contribution in [-0.2, 0) is 6.61 Å². The van der Waals surface area contributed by atoms with Crippen LogP contribution in [-0.4, -0.2) is 20.8 Å². The van der Waals surface area contributed by atoms with Crippen LogP contribution in [0.5, 0.6) is 5.75 Å². The number of hydrogen-bond donors (Lipinski definition) is 0. The molecular weight excluding hydrogens is 572 g/mol. The van der Waals surface area contributed by atoms with E-state index in [9.17, 15) is 14.9 Å². The topological polar surface area (TPSA) is 99.6 Å². The molecule has 0 amide bonds. The predicted octanol–water partition coefficient (Wildman–Crippen LogP) is 7.23. The van der Waals surface area contributed by atoms with E-state index in [0.29, 0.717) is 37.5 Å².